The average Bonchev–Trinajstić information content (AvgIpc) is 2.77. The van der Waals surface area contributed by atoms with Crippen LogP contribution in [0.2, 0.25) is 0 Å². The molecule has 3 heterocycles. The lowest BCUT2D eigenvalue weighted by Gasteiger charge is -2.26. The van der Waals surface area contributed by atoms with E-state index >= 15 is 0 Å². The van der Waals surface area contributed by atoms with Crippen LogP contribution in [0, 0.1) is 0 Å². The first-order valence-corrected chi connectivity index (χ1v) is 5.74. The fourth-order valence-electron chi connectivity index (χ4n) is 2.29. The van der Waals surface area contributed by atoms with Crippen LogP contribution in [0.1, 0.15) is 30.5 Å². The van der Waals surface area contributed by atoms with Gasteiger partial charge in [0.15, 0.2) is 0 Å². The van der Waals surface area contributed by atoms with Crippen LogP contribution < -0.4 is 10.2 Å². The maximum atomic E-state index is 4.63. The lowest BCUT2D eigenvalue weighted by Crippen LogP contribution is -2.31. The molecule has 0 aromatic carbocycles. The van der Waals surface area contributed by atoms with Crippen molar-refractivity contribution >= 4 is 5.95 Å². The number of anilines is 1. The predicted octanol–water partition coefficient (Wildman–Crippen LogP) is 1.07. The van der Waals surface area contributed by atoms with Gasteiger partial charge in [0, 0.05) is 37.9 Å². The second-order valence-electron chi connectivity index (χ2n) is 4.29. The molecule has 1 fully saturated rings. The van der Waals surface area contributed by atoms with Crippen molar-refractivity contribution in [2.75, 3.05) is 18.0 Å². The quantitative estimate of drug-likeness (QED) is 0.743. The van der Waals surface area contributed by atoms with E-state index in [2.05, 4.69) is 20.2 Å². The van der Waals surface area contributed by atoms with Gasteiger partial charge in [0.05, 0.1) is 5.69 Å². The first-order chi connectivity index (χ1) is 7.43. The molecule has 2 aliphatic heterocycles. The predicted molar refractivity (Wildman–Crippen MR) is 58.6 cm³/mol. The Bertz CT molecular complexity index is 358. The zero-order valence-electron chi connectivity index (χ0n) is 8.87. The number of hydrogen-bond donors (Lipinski definition) is 1. The molecule has 4 heteroatoms. The molecule has 0 amide bonds. The Morgan fingerprint density at radius 3 is 2.87 bits per heavy atom. The molecule has 1 N–H and O–H groups in total. The number of aromatic nitrogens is 2. The third-order valence-electron chi connectivity index (χ3n) is 3.19. The number of nitrogens with one attached hydrogen (secondary N) is 1. The number of piperidine rings is 1. The van der Waals surface area contributed by atoms with E-state index in [9.17, 15) is 0 Å². The van der Waals surface area contributed by atoms with Crippen molar-refractivity contribution in [1.82, 2.24) is 15.3 Å². The maximum Gasteiger partial charge on any atom is 0.225 e. The average molecular weight is 204 g/mol. The Morgan fingerprint density at radius 1 is 1.13 bits per heavy atom. The molecule has 3 rings (SSSR count). The minimum Gasteiger partial charge on any atom is -0.341 e. The van der Waals surface area contributed by atoms with E-state index in [-0.39, 0.29) is 0 Å². The molecule has 80 valence electrons. The largest absolute Gasteiger partial charge is 0.341 e. The van der Waals surface area contributed by atoms with E-state index in [1.54, 1.807) is 0 Å². The first-order valence-electron chi connectivity index (χ1n) is 5.74. The van der Waals surface area contributed by atoms with Crippen LogP contribution in [0.4, 0.5) is 5.95 Å². The Kier molecular flexibility index (Phi) is 2.29. The van der Waals surface area contributed by atoms with Crippen molar-refractivity contribution in [1.29, 1.82) is 0 Å². The minimum absolute atomic E-state index is 0.901. The monoisotopic (exact) mass is 204 g/mol. The van der Waals surface area contributed by atoms with Gasteiger partial charge in [-0.1, -0.05) is 0 Å². The molecule has 0 unspecified atom stereocenters. The van der Waals surface area contributed by atoms with Crippen LogP contribution in [0.15, 0.2) is 6.20 Å². The third kappa shape index (κ3) is 1.69. The molecular formula is C11H16N4. The second kappa shape index (κ2) is 3.77. The van der Waals surface area contributed by atoms with Gasteiger partial charge < -0.3 is 10.2 Å². The Labute approximate surface area is 89.7 Å². The van der Waals surface area contributed by atoms with E-state index < -0.39 is 0 Å². The lowest BCUT2D eigenvalue weighted by molar-refractivity contribution is 0.567. The van der Waals surface area contributed by atoms with E-state index in [0.29, 0.717) is 0 Å². The van der Waals surface area contributed by atoms with Crippen LogP contribution in [0.3, 0.4) is 0 Å². The summed E-state index contributed by atoms with van der Waals surface area (Å²) in [7, 11) is 0. The summed E-state index contributed by atoms with van der Waals surface area (Å²) in [6.07, 6.45) is 5.88. The SMILES string of the molecule is c1nc(N2CCCCC2)nc2c1CNC2. The second-order valence-corrected chi connectivity index (χ2v) is 4.29. The molecule has 0 spiro atoms. The fraction of sp³-hybridized carbons (Fsp3) is 0.636. The normalized spacial score (nSPS) is 20.4. The number of rotatable bonds is 1. The summed E-state index contributed by atoms with van der Waals surface area (Å²) in [5, 5.41) is 3.30. The molecule has 0 atom stereocenters. The van der Waals surface area contributed by atoms with Crippen LogP contribution >= 0.6 is 0 Å². The topological polar surface area (TPSA) is 41.1 Å². The van der Waals surface area contributed by atoms with Crippen LogP contribution in [0.5, 0.6) is 0 Å². The van der Waals surface area contributed by atoms with Gasteiger partial charge in [-0.15, -0.1) is 0 Å². The smallest absolute Gasteiger partial charge is 0.225 e. The summed E-state index contributed by atoms with van der Waals surface area (Å²) in [5.74, 6) is 0.928. The summed E-state index contributed by atoms with van der Waals surface area (Å²) >= 11 is 0. The molecule has 0 aliphatic carbocycles. The summed E-state index contributed by atoms with van der Waals surface area (Å²) in [4.78, 5) is 11.4. The number of fused-ring (bicyclic) bond motifs is 1. The van der Waals surface area contributed by atoms with Crippen molar-refractivity contribution in [2.45, 2.75) is 32.4 Å². The highest BCUT2D eigenvalue weighted by atomic mass is 15.3. The van der Waals surface area contributed by atoms with Crippen molar-refractivity contribution in [3.63, 3.8) is 0 Å². The van der Waals surface area contributed by atoms with Gasteiger partial charge in [-0.2, -0.15) is 0 Å². The highest BCUT2D eigenvalue weighted by Crippen LogP contribution is 2.18. The zero-order valence-corrected chi connectivity index (χ0v) is 8.87. The molecule has 15 heavy (non-hydrogen) atoms. The molecule has 0 radical (unpaired) electrons. The van der Waals surface area contributed by atoms with Crippen molar-refractivity contribution in [2.24, 2.45) is 0 Å². The van der Waals surface area contributed by atoms with Gasteiger partial charge in [-0.3, -0.25) is 0 Å². The Morgan fingerprint density at radius 2 is 2.00 bits per heavy atom. The molecule has 2 aliphatic rings. The van der Waals surface area contributed by atoms with E-state index in [1.165, 1.54) is 30.5 Å². The van der Waals surface area contributed by atoms with Crippen molar-refractivity contribution < 1.29 is 0 Å². The van der Waals surface area contributed by atoms with Crippen molar-refractivity contribution in [3.05, 3.63) is 17.5 Å². The maximum absolute atomic E-state index is 4.63. The summed E-state index contributed by atoms with van der Waals surface area (Å²) in [6, 6.07) is 0. The molecular weight excluding hydrogens is 188 g/mol. The molecule has 1 aromatic rings. The van der Waals surface area contributed by atoms with Gasteiger partial charge in [0.25, 0.3) is 0 Å². The Hall–Kier alpha value is -1.16. The number of nitrogens with zero attached hydrogens (tertiary/aromatic N) is 3. The van der Waals surface area contributed by atoms with Gasteiger partial charge in [0.1, 0.15) is 0 Å². The lowest BCUT2D eigenvalue weighted by atomic mass is 10.1. The molecule has 0 bridgehead atoms. The van der Waals surface area contributed by atoms with E-state index in [0.717, 1.165) is 32.1 Å². The van der Waals surface area contributed by atoms with Crippen LogP contribution in [0.25, 0.3) is 0 Å². The highest BCUT2D eigenvalue weighted by molar-refractivity contribution is 5.34. The molecule has 1 saturated heterocycles. The number of hydrogen-bond acceptors (Lipinski definition) is 4. The minimum atomic E-state index is 0.901. The Balaban J connectivity index is 1.85. The van der Waals surface area contributed by atoms with E-state index in [4.69, 9.17) is 0 Å². The van der Waals surface area contributed by atoms with Gasteiger partial charge >= 0.3 is 0 Å². The van der Waals surface area contributed by atoms with Crippen molar-refractivity contribution in [3.8, 4) is 0 Å². The summed E-state index contributed by atoms with van der Waals surface area (Å²) < 4.78 is 0. The van der Waals surface area contributed by atoms with Crippen LogP contribution in [-0.4, -0.2) is 23.1 Å². The summed E-state index contributed by atoms with van der Waals surface area (Å²) in [6.45, 7) is 4.06. The summed E-state index contributed by atoms with van der Waals surface area (Å²) in [5.41, 5.74) is 2.45. The van der Waals surface area contributed by atoms with Gasteiger partial charge in [-0.25, -0.2) is 9.97 Å². The van der Waals surface area contributed by atoms with Crippen LogP contribution in [-0.2, 0) is 13.1 Å². The highest BCUT2D eigenvalue weighted by Gasteiger charge is 2.17. The molecule has 1 aromatic heterocycles. The standard InChI is InChI=1S/C11H16N4/c1-2-4-15(5-3-1)11-13-7-9-6-12-8-10(9)14-11/h7,12H,1-6,8H2. The molecule has 4 nitrogen and oxygen atoms in total. The van der Waals surface area contributed by atoms with Gasteiger partial charge in [-0.05, 0) is 19.3 Å². The third-order valence-corrected chi connectivity index (χ3v) is 3.19. The van der Waals surface area contributed by atoms with Gasteiger partial charge in [0.2, 0.25) is 5.95 Å². The molecule has 0 saturated carbocycles. The first kappa shape index (κ1) is 9.09. The van der Waals surface area contributed by atoms with E-state index in [1.807, 2.05) is 6.20 Å². The fourth-order valence-corrected chi connectivity index (χ4v) is 2.29. The zero-order chi connectivity index (χ0) is 10.1.